The summed E-state index contributed by atoms with van der Waals surface area (Å²) < 4.78 is 0. The number of Topliss-reactive ketones (excluding diaryl/α,β-unsaturated/α-hetero) is 1. The summed E-state index contributed by atoms with van der Waals surface area (Å²) in [6.07, 6.45) is 9.48. The summed E-state index contributed by atoms with van der Waals surface area (Å²) in [4.78, 5) is 42.4. The lowest BCUT2D eigenvalue weighted by atomic mass is 9.81. The number of fused-ring (bicyclic) bond motifs is 4. The average molecular weight is 378 g/mol. The maximum Gasteiger partial charge on any atom is 0.329 e. The minimum atomic E-state index is -0.288. The first kappa shape index (κ1) is 17.1. The van der Waals surface area contributed by atoms with Gasteiger partial charge in [-0.25, -0.2) is 14.8 Å². The predicted molar refractivity (Wildman–Crippen MR) is 105 cm³/mol. The minimum absolute atomic E-state index is 0.0358. The van der Waals surface area contributed by atoms with Crippen LogP contribution in [0.2, 0.25) is 0 Å². The maximum atomic E-state index is 13.0. The van der Waals surface area contributed by atoms with Crippen LogP contribution >= 0.6 is 0 Å². The summed E-state index contributed by atoms with van der Waals surface area (Å²) in [5.41, 5.74) is 1.36. The Bertz CT molecular complexity index is 914. The molecule has 2 fully saturated rings. The fraction of sp³-hybridized carbons (Fsp3) is 0.450. The van der Waals surface area contributed by atoms with E-state index < -0.39 is 0 Å². The highest BCUT2D eigenvalue weighted by Gasteiger charge is 2.40. The highest BCUT2D eigenvalue weighted by atomic mass is 16.2. The van der Waals surface area contributed by atoms with E-state index in [0.29, 0.717) is 29.7 Å². The van der Waals surface area contributed by atoms with E-state index in [9.17, 15) is 9.59 Å². The van der Waals surface area contributed by atoms with Gasteiger partial charge in [0.2, 0.25) is 0 Å². The molecular formula is C20H22N6O2. The number of amides is 2. The molecule has 144 valence electrons. The molecular weight excluding hydrogens is 356 g/mol. The number of hydrogen-bond donors (Lipinski definition) is 1. The monoisotopic (exact) mass is 378 g/mol. The van der Waals surface area contributed by atoms with Gasteiger partial charge in [-0.1, -0.05) is 19.3 Å². The molecule has 1 saturated carbocycles. The third-order valence-corrected chi connectivity index (χ3v) is 5.95. The van der Waals surface area contributed by atoms with Gasteiger partial charge in [-0.2, -0.15) is 0 Å². The smallest absolute Gasteiger partial charge is 0.329 e. The Hall–Kier alpha value is -3.03. The fourth-order valence-corrected chi connectivity index (χ4v) is 4.22. The second kappa shape index (κ2) is 6.85. The standard InChI is InChI=1S/C20H22N6O2/c27-17(10-13-2-1-3-13)15-4-5-16-19(23-15)26(14-6-9-25(16)12-14)20(28)24-18-11-21-7-8-22-18/h4-5,7-8,11,13-14H,1-3,6,9-10,12H2,(H,22,24,28)/t14-/m0/s1. The molecule has 0 radical (unpaired) electrons. The zero-order valence-electron chi connectivity index (χ0n) is 15.5. The SMILES string of the molecule is O=C(CC1CCC1)c1ccc2c(n1)N(C(=O)Nc1cnccn1)[C@H]1CCN2C1. The Kier molecular flexibility index (Phi) is 4.18. The molecule has 3 aliphatic rings. The predicted octanol–water partition coefficient (Wildman–Crippen LogP) is 2.88. The van der Waals surface area contributed by atoms with Crippen LogP contribution in [0.4, 0.5) is 22.1 Å². The molecule has 0 spiro atoms. The lowest BCUT2D eigenvalue weighted by Crippen LogP contribution is -2.48. The number of pyridine rings is 1. The van der Waals surface area contributed by atoms with Gasteiger partial charge in [-0.3, -0.25) is 20.0 Å². The Morgan fingerprint density at radius 2 is 2.07 bits per heavy atom. The van der Waals surface area contributed by atoms with Crippen LogP contribution in [0.1, 0.15) is 42.6 Å². The number of urea groups is 1. The van der Waals surface area contributed by atoms with Crippen molar-refractivity contribution in [1.29, 1.82) is 0 Å². The maximum absolute atomic E-state index is 13.0. The van der Waals surface area contributed by atoms with E-state index in [4.69, 9.17) is 0 Å². The van der Waals surface area contributed by atoms with Crippen LogP contribution in [0.5, 0.6) is 0 Å². The van der Waals surface area contributed by atoms with Gasteiger partial charge in [0, 0.05) is 31.9 Å². The molecule has 8 nitrogen and oxygen atoms in total. The molecule has 2 aromatic rings. The summed E-state index contributed by atoms with van der Waals surface area (Å²) >= 11 is 0. The largest absolute Gasteiger partial charge is 0.366 e. The van der Waals surface area contributed by atoms with Crippen molar-refractivity contribution in [2.75, 3.05) is 28.2 Å². The fourth-order valence-electron chi connectivity index (χ4n) is 4.22. The number of carbonyl (C=O) groups excluding carboxylic acids is 2. The number of nitrogens with zero attached hydrogens (tertiary/aromatic N) is 5. The van der Waals surface area contributed by atoms with Crippen molar-refractivity contribution in [2.45, 2.75) is 38.1 Å². The van der Waals surface area contributed by atoms with Gasteiger partial charge in [-0.05, 0) is 24.5 Å². The first-order valence-corrected chi connectivity index (χ1v) is 9.84. The van der Waals surface area contributed by atoms with Gasteiger partial charge in [0.05, 0.1) is 17.9 Å². The zero-order valence-corrected chi connectivity index (χ0v) is 15.5. The summed E-state index contributed by atoms with van der Waals surface area (Å²) in [7, 11) is 0. The molecule has 8 heteroatoms. The lowest BCUT2D eigenvalue weighted by molar-refractivity contribution is 0.0931. The van der Waals surface area contributed by atoms with Crippen molar-refractivity contribution in [3.8, 4) is 0 Å². The molecule has 2 aliphatic heterocycles. The van der Waals surface area contributed by atoms with E-state index in [1.165, 1.54) is 18.8 Å². The molecule has 2 amide bonds. The molecule has 28 heavy (non-hydrogen) atoms. The van der Waals surface area contributed by atoms with Crippen LogP contribution in [0.3, 0.4) is 0 Å². The van der Waals surface area contributed by atoms with Gasteiger partial charge in [0.25, 0.3) is 0 Å². The molecule has 1 aliphatic carbocycles. The number of aromatic nitrogens is 3. The minimum Gasteiger partial charge on any atom is -0.366 e. The normalized spacial score (nSPS) is 20.5. The highest BCUT2D eigenvalue weighted by Crippen LogP contribution is 2.39. The van der Waals surface area contributed by atoms with Gasteiger partial charge >= 0.3 is 6.03 Å². The second-order valence-electron chi connectivity index (χ2n) is 7.74. The molecule has 5 rings (SSSR count). The van der Waals surface area contributed by atoms with Crippen molar-refractivity contribution < 1.29 is 9.59 Å². The van der Waals surface area contributed by atoms with Crippen molar-refractivity contribution in [2.24, 2.45) is 5.92 Å². The molecule has 0 aromatic carbocycles. The number of nitrogens with one attached hydrogen (secondary N) is 1. The van der Waals surface area contributed by atoms with Gasteiger partial charge in [0.1, 0.15) is 5.69 Å². The van der Waals surface area contributed by atoms with Crippen LogP contribution < -0.4 is 15.1 Å². The first-order chi connectivity index (χ1) is 13.7. The molecule has 2 bridgehead atoms. The van der Waals surface area contributed by atoms with E-state index in [0.717, 1.165) is 38.0 Å². The summed E-state index contributed by atoms with van der Waals surface area (Å²) in [5.74, 6) is 1.51. The van der Waals surface area contributed by atoms with Crippen LogP contribution in [0.15, 0.2) is 30.7 Å². The Morgan fingerprint density at radius 1 is 1.18 bits per heavy atom. The van der Waals surface area contributed by atoms with E-state index in [-0.39, 0.29) is 17.9 Å². The van der Waals surface area contributed by atoms with Crippen LogP contribution in [-0.4, -0.2) is 45.9 Å². The van der Waals surface area contributed by atoms with Crippen molar-refractivity contribution in [3.05, 3.63) is 36.4 Å². The number of hydrogen-bond acceptors (Lipinski definition) is 6. The highest BCUT2D eigenvalue weighted by molar-refractivity contribution is 6.05. The first-order valence-electron chi connectivity index (χ1n) is 9.84. The molecule has 0 unspecified atom stereocenters. The van der Waals surface area contributed by atoms with Crippen LogP contribution in [0, 0.1) is 5.92 Å². The summed E-state index contributed by atoms with van der Waals surface area (Å²) in [6, 6.07) is 3.48. The van der Waals surface area contributed by atoms with Gasteiger partial charge in [-0.15, -0.1) is 0 Å². The van der Waals surface area contributed by atoms with Crippen LogP contribution in [-0.2, 0) is 0 Å². The topological polar surface area (TPSA) is 91.3 Å². The number of ketones is 1. The lowest BCUT2D eigenvalue weighted by Gasteiger charge is -2.35. The second-order valence-corrected chi connectivity index (χ2v) is 7.74. The Morgan fingerprint density at radius 3 is 2.82 bits per heavy atom. The molecule has 1 N–H and O–H groups in total. The molecule has 2 aromatic heterocycles. The molecule has 1 atom stereocenters. The average Bonchev–Trinajstić information content (AvgIpc) is 3.09. The Labute approximate surface area is 163 Å². The quantitative estimate of drug-likeness (QED) is 0.823. The van der Waals surface area contributed by atoms with E-state index in [1.54, 1.807) is 17.2 Å². The molecule has 4 heterocycles. The summed E-state index contributed by atoms with van der Waals surface area (Å²) in [5, 5.41) is 2.80. The van der Waals surface area contributed by atoms with Crippen molar-refractivity contribution in [1.82, 2.24) is 15.0 Å². The number of carbonyl (C=O) groups is 2. The van der Waals surface area contributed by atoms with E-state index in [2.05, 4.69) is 25.2 Å². The van der Waals surface area contributed by atoms with Crippen LogP contribution in [0.25, 0.3) is 0 Å². The van der Waals surface area contributed by atoms with E-state index in [1.807, 2.05) is 6.07 Å². The summed E-state index contributed by atoms with van der Waals surface area (Å²) in [6.45, 7) is 1.65. The van der Waals surface area contributed by atoms with Crippen molar-refractivity contribution >= 4 is 29.1 Å². The van der Waals surface area contributed by atoms with Crippen molar-refractivity contribution in [3.63, 3.8) is 0 Å². The molecule has 1 saturated heterocycles. The third kappa shape index (κ3) is 2.98. The van der Waals surface area contributed by atoms with Gasteiger partial charge < -0.3 is 4.90 Å². The third-order valence-electron chi connectivity index (χ3n) is 5.95. The van der Waals surface area contributed by atoms with E-state index >= 15 is 0 Å². The zero-order chi connectivity index (χ0) is 19.1. The number of anilines is 3. The Balaban J connectivity index is 1.45. The van der Waals surface area contributed by atoms with Gasteiger partial charge in [0.15, 0.2) is 17.4 Å². The number of rotatable bonds is 4.